The first kappa shape index (κ1) is 18.8. The van der Waals surface area contributed by atoms with E-state index in [1.54, 1.807) is 18.2 Å². The van der Waals surface area contributed by atoms with Crippen LogP contribution >= 0.6 is 11.6 Å². The Balaban J connectivity index is 2.19. The number of carbonyl (C=O) groups is 1. The van der Waals surface area contributed by atoms with Crippen LogP contribution in [0.4, 0.5) is 17.1 Å². The Labute approximate surface area is 153 Å². The van der Waals surface area contributed by atoms with E-state index in [0.29, 0.717) is 5.69 Å². The first-order valence-corrected chi connectivity index (χ1v) is 7.61. The molecule has 0 radical (unpaired) electrons. The van der Waals surface area contributed by atoms with Crippen LogP contribution in [-0.4, -0.2) is 15.9 Å². The van der Waals surface area contributed by atoms with Gasteiger partial charge in [-0.25, -0.2) is 0 Å². The van der Waals surface area contributed by atoms with Crippen LogP contribution in [0.25, 0.3) is 0 Å². The molecule has 0 aliphatic rings. The number of aromatic hydroxyl groups is 1. The minimum atomic E-state index is -0.774. The van der Waals surface area contributed by atoms with Crippen LogP contribution in [0.3, 0.4) is 0 Å². The molecule has 0 saturated heterocycles. The molecule has 8 nitrogen and oxygen atoms in total. The predicted molar refractivity (Wildman–Crippen MR) is 96.9 cm³/mol. The van der Waals surface area contributed by atoms with Gasteiger partial charge in [0, 0.05) is 18.0 Å². The first-order chi connectivity index (χ1) is 12.3. The van der Waals surface area contributed by atoms with E-state index in [2.05, 4.69) is 10.6 Å². The lowest BCUT2D eigenvalue weighted by molar-refractivity contribution is -0.384. The van der Waals surface area contributed by atoms with E-state index in [-0.39, 0.29) is 27.7 Å². The van der Waals surface area contributed by atoms with E-state index in [1.807, 2.05) is 6.92 Å². The van der Waals surface area contributed by atoms with E-state index in [4.69, 9.17) is 16.9 Å². The second kappa shape index (κ2) is 8.00. The second-order valence-corrected chi connectivity index (χ2v) is 5.62. The molecule has 0 unspecified atom stereocenters. The number of anilines is 2. The van der Waals surface area contributed by atoms with Crippen molar-refractivity contribution < 1.29 is 14.8 Å². The molecule has 3 N–H and O–H groups in total. The molecule has 0 bridgehead atoms. The zero-order chi connectivity index (χ0) is 19.3. The number of nitriles is 1. The van der Waals surface area contributed by atoms with Gasteiger partial charge in [-0.05, 0) is 36.8 Å². The molecule has 2 rings (SSSR count). The van der Waals surface area contributed by atoms with Crippen molar-refractivity contribution in [1.29, 1.82) is 5.26 Å². The number of halogens is 1. The number of phenols is 1. The fraction of sp³-hybridized carbons (Fsp3) is 0.0588. The van der Waals surface area contributed by atoms with Crippen LogP contribution in [0.15, 0.2) is 48.2 Å². The summed E-state index contributed by atoms with van der Waals surface area (Å²) >= 11 is 5.71. The van der Waals surface area contributed by atoms with Crippen molar-refractivity contribution in [3.05, 3.63) is 68.9 Å². The summed E-state index contributed by atoms with van der Waals surface area (Å²) in [5, 5.41) is 34.8. The molecule has 0 aromatic heterocycles. The Bertz CT molecular complexity index is 950. The van der Waals surface area contributed by atoms with Crippen molar-refractivity contribution in [1.82, 2.24) is 0 Å². The molecular formula is C17H13ClN4O4. The number of phenolic OH excluding ortho intramolecular Hbond substituents is 1. The quantitative estimate of drug-likeness (QED) is 0.241. The third-order valence-electron chi connectivity index (χ3n) is 3.29. The normalized spacial score (nSPS) is 10.7. The highest BCUT2D eigenvalue weighted by Crippen LogP contribution is 2.28. The summed E-state index contributed by atoms with van der Waals surface area (Å²) < 4.78 is 0. The average Bonchev–Trinajstić information content (AvgIpc) is 2.59. The Morgan fingerprint density at radius 1 is 1.35 bits per heavy atom. The van der Waals surface area contributed by atoms with E-state index in [1.165, 1.54) is 18.2 Å². The molecule has 0 aliphatic carbocycles. The number of nitrogens with one attached hydrogen (secondary N) is 2. The van der Waals surface area contributed by atoms with Gasteiger partial charge < -0.3 is 15.7 Å². The molecule has 0 saturated carbocycles. The van der Waals surface area contributed by atoms with Gasteiger partial charge in [-0.3, -0.25) is 14.9 Å². The third kappa shape index (κ3) is 4.49. The summed E-state index contributed by atoms with van der Waals surface area (Å²) in [6.45, 7) is 1.82. The average molecular weight is 373 g/mol. The molecule has 0 heterocycles. The highest BCUT2D eigenvalue weighted by Gasteiger charge is 2.15. The zero-order valence-corrected chi connectivity index (χ0v) is 14.2. The molecule has 0 fully saturated rings. The number of rotatable bonds is 5. The van der Waals surface area contributed by atoms with Crippen LogP contribution in [0.2, 0.25) is 5.02 Å². The third-order valence-corrected chi connectivity index (χ3v) is 3.61. The van der Waals surface area contributed by atoms with Gasteiger partial charge in [-0.2, -0.15) is 5.26 Å². The molecule has 132 valence electrons. The number of nitro benzene ring substituents is 1. The topological polar surface area (TPSA) is 128 Å². The molecule has 0 atom stereocenters. The Morgan fingerprint density at radius 2 is 2.08 bits per heavy atom. The number of benzene rings is 2. The minimum Gasteiger partial charge on any atom is -0.506 e. The predicted octanol–water partition coefficient (Wildman–Crippen LogP) is 3.72. The second-order valence-electron chi connectivity index (χ2n) is 5.21. The van der Waals surface area contributed by atoms with E-state index in [9.17, 15) is 20.0 Å². The van der Waals surface area contributed by atoms with Gasteiger partial charge in [0.2, 0.25) is 0 Å². The monoisotopic (exact) mass is 372 g/mol. The summed E-state index contributed by atoms with van der Waals surface area (Å²) in [5.41, 5.74) is 0.659. The SMILES string of the molecule is Cc1ccc(O)c(N/C=C(/C#N)C(=O)Nc2ccc(Cl)c([N+](=O)[O-])c2)c1. The molecular weight excluding hydrogens is 360 g/mol. The fourth-order valence-corrected chi connectivity index (χ4v) is 2.18. The smallest absolute Gasteiger partial charge is 0.289 e. The molecule has 2 aromatic rings. The number of hydrogen-bond acceptors (Lipinski definition) is 6. The molecule has 9 heteroatoms. The minimum absolute atomic E-state index is 0.0436. The summed E-state index contributed by atoms with van der Waals surface area (Å²) in [7, 11) is 0. The van der Waals surface area contributed by atoms with Crippen molar-refractivity contribution in [3.8, 4) is 11.8 Å². The van der Waals surface area contributed by atoms with Crippen molar-refractivity contribution in [3.63, 3.8) is 0 Å². The number of nitro groups is 1. The highest BCUT2D eigenvalue weighted by molar-refractivity contribution is 6.32. The van der Waals surface area contributed by atoms with Crippen molar-refractivity contribution >= 4 is 34.6 Å². The molecule has 0 spiro atoms. The number of aryl methyl sites for hydroxylation is 1. The standard InChI is InChI=1S/C17H13ClN4O4/c1-10-2-5-16(23)14(6-10)20-9-11(8-19)17(24)21-12-3-4-13(18)15(7-12)22(25)26/h2-7,9,20,23H,1H3,(H,21,24)/b11-9-. The van der Waals surface area contributed by atoms with Gasteiger partial charge in [0.1, 0.15) is 22.4 Å². The zero-order valence-electron chi connectivity index (χ0n) is 13.5. The number of amides is 1. The molecule has 1 amide bonds. The molecule has 2 aromatic carbocycles. The van der Waals surface area contributed by atoms with E-state index >= 15 is 0 Å². The maximum atomic E-state index is 12.2. The maximum Gasteiger partial charge on any atom is 0.289 e. The van der Waals surface area contributed by atoms with Gasteiger partial charge in [-0.1, -0.05) is 17.7 Å². The van der Waals surface area contributed by atoms with Gasteiger partial charge >= 0.3 is 0 Å². The van der Waals surface area contributed by atoms with Crippen LogP contribution in [0.1, 0.15) is 5.56 Å². The van der Waals surface area contributed by atoms with Crippen molar-refractivity contribution in [2.24, 2.45) is 0 Å². The summed E-state index contributed by atoms with van der Waals surface area (Å²) in [6.07, 6.45) is 1.13. The largest absolute Gasteiger partial charge is 0.506 e. The molecule has 0 aliphatic heterocycles. The first-order valence-electron chi connectivity index (χ1n) is 7.23. The van der Waals surface area contributed by atoms with Crippen molar-refractivity contribution in [2.75, 3.05) is 10.6 Å². The number of nitrogens with zero attached hydrogens (tertiary/aromatic N) is 2. The number of hydrogen-bond donors (Lipinski definition) is 3. The Kier molecular flexibility index (Phi) is 5.78. The van der Waals surface area contributed by atoms with Crippen LogP contribution in [-0.2, 0) is 4.79 Å². The summed E-state index contributed by atoms with van der Waals surface area (Å²) in [4.78, 5) is 22.4. The van der Waals surface area contributed by atoms with Gasteiger partial charge in [0.15, 0.2) is 0 Å². The van der Waals surface area contributed by atoms with Gasteiger partial charge in [0.05, 0.1) is 10.6 Å². The molecule has 26 heavy (non-hydrogen) atoms. The van der Waals surface area contributed by atoms with Crippen molar-refractivity contribution in [2.45, 2.75) is 6.92 Å². The van der Waals surface area contributed by atoms with Crippen LogP contribution in [0, 0.1) is 28.4 Å². The Hall–Kier alpha value is -3.57. The lowest BCUT2D eigenvalue weighted by Gasteiger charge is -2.07. The highest BCUT2D eigenvalue weighted by atomic mass is 35.5. The maximum absolute atomic E-state index is 12.2. The number of carbonyl (C=O) groups excluding carboxylic acids is 1. The lowest BCUT2D eigenvalue weighted by atomic mass is 10.2. The van der Waals surface area contributed by atoms with Gasteiger partial charge in [-0.15, -0.1) is 0 Å². The van der Waals surface area contributed by atoms with Crippen LogP contribution in [0.5, 0.6) is 5.75 Å². The summed E-state index contributed by atoms with van der Waals surface area (Å²) in [6, 6.07) is 10.3. The van der Waals surface area contributed by atoms with E-state index < -0.39 is 10.8 Å². The van der Waals surface area contributed by atoms with Gasteiger partial charge in [0.25, 0.3) is 11.6 Å². The lowest BCUT2D eigenvalue weighted by Crippen LogP contribution is -2.14. The van der Waals surface area contributed by atoms with Crippen LogP contribution < -0.4 is 10.6 Å². The fourth-order valence-electron chi connectivity index (χ4n) is 1.99. The summed E-state index contributed by atoms with van der Waals surface area (Å²) in [5.74, 6) is -0.818. The van der Waals surface area contributed by atoms with E-state index in [0.717, 1.165) is 17.8 Å². The Morgan fingerprint density at radius 3 is 2.73 bits per heavy atom.